The minimum atomic E-state index is -0.816. The summed E-state index contributed by atoms with van der Waals surface area (Å²) in [6.45, 7) is 2.45. The highest BCUT2D eigenvalue weighted by molar-refractivity contribution is 5.67. The highest BCUT2D eigenvalue weighted by Crippen LogP contribution is 2.31. The monoisotopic (exact) mass is 224 g/mol. The van der Waals surface area contributed by atoms with Gasteiger partial charge in [0.05, 0.1) is 13.7 Å². The van der Waals surface area contributed by atoms with Gasteiger partial charge in [0.15, 0.2) is 11.5 Å². The standard InChI is InChI=1S/C12H16O4/c1-3-16-10-6-4-5-9(12(10)15-2)7-8-11(13)14/h4-6H,3,7-8H2,1-2H3,(H,13,14). The molecule has 0 bridgehead atoms. The van der Waals surface area contributed by atoms with Gasteiger partial charge in [-0.1, -0.05) is 12.1 Å². The molecule has 0 spiro atoms. The molecule has 1 rings (SSSR count). The maximum atomic E-state index is 10.5. The highest BCUT2D eigenvalue weighted by atomic mass is 16.5. The number of rotatable bonds is 6. The lowest BCUT2D eigenvalue weighted by Gasteiger charge is -2.12. The first-order valence-electron chi connectivity index (χ1n) is 5.19. The first-order chi connectivity index (χ1) is 7.69. The van der Waals surface area contributed by atoms with Crippen LogP contribution in [0.4, 0.5) is 0 Å². The molecule has 0 unspecified atom stereocenters. The zero-order valence-corrected chi connectivity index (χ0v) is 9.53. The van der Waals surface area contributed by atoms with Crippen LogP contribution in [0.25, 0.3) is 0 Å². The molecule has 16 heavy (non-hydrogen) atoms. The minimum Gasteiger partial charge on any atom is -0.493 e. The number of carboxylic acid groups (broad SMARTS) is 1. The molecule has 0 saturated heterocycles. The third-order valence-corrected chi connectivity index (χ3v) is 2.17. The van der Waals surface area contributed by atoms with Gasteiger partial charge in [0, 0.05) is 6.42 Å². The van der Waals surface area contributed by atoms with Crippen LogP contribution in [0.3, 0.4) is 0 Å². The fraction of sp³-hybridized carbons (Fsp3) is 0.417. The van der Waals surface area contributed by atoms with E-state index in [0.29, 0.717) is 24.5 Å². The van der Waals surface area contributed by atoms with Crippen molar-refractivity contribution in [2.45, 2.75) is 19.8 Å². The molecule has 0 saturated carbocycles. The molecule has 4 heteroatoms. The number of carbonyl (C=O) groups is 1. The Hall–Kier alpha value is -1.71. The van der Waals surface area contributed by atoms with Gasteiger partial charge in [0.2, 0.25) is 0 Å². The molecule has 88 valence electrons. The molecule has 0 atom stereocenters. The number of benzene rings is 1. The number of methoxy groups -OCH3 is 1. The molecule has 1 aromatic carbocycles. The van der Waals surface area contributed by atoms with E-state index in [4.69, 9.17) is 14.6 Å². The second-order valence-electron chi connectivity index (χ2n) is 3.28. The number of carboxylic acids is 1. The largest absolute Gasteiger partial charge is 0.493 e. The number of hydrogen-bond acceptors (Lipinski definition) is 3. The lowest BCUT2D eigenvalue weighted by molar-refractivity contribution is -0.136. The van der Waals surface area contributed by atoms with Crippen molar-refractivity contribution < 1.29 is 19.4 Å². The van der Waals surface area contributed by atoms with Crippen molar-refractivity contribution in [3.8, 4) is 11.5 Å². The van der Waals surface area contributed by atoms with Crippen molar-refractivity contribution in [3.63, 3.8) is 0 Å². The highest BCUT2D eigenvalue weighted by Gasteiger charge is 2.10. The van der Waals surface area contributed by atoms with Crippen LogP contribution in [-0.4, -0.2) is 24.8 Å². The van der Waals surface area contributed by atoms with E-state index in [2.05, 4.69) is 0 Å². The second-order valence-corrected chi connectivity index (χ2v) is 3.28. The summed E-state index contributed by atoms with van der Waals surface area (Å²) in [6.07, 6.45) is 0.533. The fourth-order valence-corrected chi connectivity index (χ4v) is 1.50. The number of hydrogen-bond donors (Lipinski definition) is 1. The van der Waals surface area contributed by atoms with Crippen molar-refractivity contribution in [3.05, 3.63) is 23.8 Å². The Morgan fingerprint density at radius 3 is 2.75 bits per heavy atom. The van der Waals surface area contributed by atoms with Crippen LogP contribution in [0.2, 0.25) is 0 Å². The summed E-state index contributed by atoms with van der Waals surface area (Å²) in [5.74, 6) is 0.474. The van der Waals surface area contributed by atoms with Crippen LogP contribution in [0.1, 0.15) is 18.9 Å². The molecule has 1 N–H and O–H groups in total. The Kier molecular flexibility index (Phi) is 4.64. The van der Waals surface area contributed by atoms with Crippen molar-refractivity contribution in [1.29, 1.82) is 0 Å². The molecule has 0 aromatic heterocycles. The van der Waals surface area contributed by atoms with Crippen LogP contribution in [-0.2, 0) is 11.2 Å². The summed E-state index contributed by atoms with van der Waals surface area (Å²) < 4.78 is 10.6. The summed E-state index contributed by atoms with van der Waals surface area (Å²) in [7, 11) is 1.56. The fourth-order valence-electron chi connectivity index (χ4n) is 1.50. The molecule has 4 nitrogen and oxygen atoms in total. The first-order valence-corrected chi connectivity index (χ1v) is 5.19. The summed E-state index contributed by atoms with van der Waals surface area (Å²) in [5, 5.41) is 8.64. The second kappa shape index (κ2) is 6.00. The van der Waals surface area contributed by atoms with E-state index < -0.39 is 5.97 Å². The smallest absolute Gasteiger partial charge is 0.303 e. The molecule has 0 radical (unpaired) electrons. The zero-order chi connectivity index (χ0) is 12.0. The number of ether oxygens (including phenoxy) is 2. The molecule has 0 fully saturated rings. The van der Waals surface area contributed by atoms with Gasteiger partial charge in [-0.05, 0) is 25.0 Å². The number of aryl methyl sites for hydroxylation is 1. The van der Waals surface area contributed by atoms with E-state index in [-0.39, 0.29) is 6.42 Å². The third-order valence-electron chi connectivity index (χ3n) is 2.17. The van der Waals surface area contributed by atoms with E-state index >= 15 is 0 Å². The van der Waals surface area contributed by atoms with Crippen molar-refractivity contribution in [1.82, 2.24) is 0 Å². The van der Waals surface area contributed by atoms with Crippen molar-refractivity contribution >= 4 is 5.97 Å². The van der Waals surface area contributed by atoms with Gasteiger partial charge < -0.3 is 14.6 Å². The van der Waals surface area contributed by atoms with E-state index in [0.717, 1.165) is 5.56 Å². The summed E-state index contributed by atoms with van der Waals surface area (Å²) in [5.41, 5.74) is 0.857. The topological polar surface area (TPSA) is 55.8 Å². The summed E-state index contributed by atoms with van der Waals surface area (Å²) in [6, 6.07) is 5.50. The Morgan fingerprint density at radius 2 is 2.19 bits per heavy atom. The van der Waals surface area contributed by atoms with Gasteiger partial charge in [-0.3, -0.25) is 4.79 Å². The molecular weight excluding hydrogens is 208 g/mol. The Bertz CT molecular complexity index is 360. The van der Waals surface area contributed by atoms with Gasteiger partial charge in [-0.15, -0.1) is 0 Å². The van der Waals surface area contributed by atoms with Gasteiger partial charge in [-0.25, -0.2) is 0 Å². The van der Waals surface area contributed by atoms with Gasteiger partial charge in [0.25, 0.3) is 0 Å². The molecule has 0 amide bonds. The molecule has 1 aromatic rings. The normalized spacial score (nSPS) is 9.88. The van der Waals surface area contributed by atoms with Crippen LogP contribution >= 0.6 is 0 Å². The van der Waals surface area contributed by atoms with E-state index in [1.807, 2.05) is 25.1 Å². The van der Waals surface area contributed by atoms with Crippen LogP contribution in [0.5, 0.6) is 11.5 Å². The summed E-state index contributed by atoms with van der Waals surface area (Å²) in [4.78, 5) is 10.5. The molecule has 0 aliphatic carbocycles. The Balaban J connectivity index is 2.89. The zero-order valence-electron chi connectivity index (χ0n) is 9.53. The lowest BCUT2D eigenvalue weighted by Crippen LogP contribution is -2.02. The average molecular weight is 224 g/mol. The maximum Gasteiger partial charge on any atom is 0.303 e. The predicted molar refractivity (Wildman–Crippen MR) is 60.1 cm³/mol. The van der Waals surface area contributed by atoms with Crippen LogP contribution < -0.4 is 9.47 Å². The maximum absolute atomic E-state index is 10.5. The molecule has 0 aliphatic rings. The average Bonchev–Trinajstić information content (AvgIpc) is 2.27. The first kappa shape index (κ1) is 12.4. The molecule has 0 aliphatic heterocycles. The molecular formula is C12H16O4. The quantitative estimate of drug-likeness (QED) is 0.804. The van der Waals surface area contributed by atoms with Crippen LogP contribution in [0.15, 0.2) is 18.2 Å². The third kappa shape index (κ3) is 3.15. The van der Waals surface area contributed by atoms with Crippen LogP contribution in [0, 0.1) is 0 Å². The van der Waals surface area contributed by atoms with E-state index in [1.165, 1.54) is 0 Å². The number of para-hydroxylation sites is 1. The minimum absolute atomic E-state index is 0.0892. The molecule has 0 heterocycles. The Labute approximate surface area is 94.8 Å². The van der Waals surface area contributed by atoms with Gasteiger partial charge in [0.1, 0.15) is 0 Å². The van der Waals surface area contributed by atoms with Gasteiger partial charge in [-0.2, -0.15) is 0 Å². The van der Waals surface area contributed by atoms with Crippen molar-refractivity contribution in [2.24, 2.45) is 0 Å². The predicted octanol–water partition coefficient (Wildman–Crippen LogP) is 2.11. The Morgan fingerprint density at radius 1 is 1.44 bits per heavy atom. The van der Waals surface area contributed by atoms with Crippen molar-refractivity contribution in [2.75, 3.05) is 13.7 Å². The number of aliphatic carboxylic acids is 1. The van der Waals surface area contributed by atoms with E-state index in [1.54, 1.807) is 7.11 Å². The van der Waals surface area contributed by atoms with E-state index in [9.17, 15) is 4.79 Å². The SMILES string of the molecule is CCOc1cccc(CCC(=O)O)c1OC. The lowest BCUT2D eigenvalue weighted by atomic mass is 10.1. The van der Waals surface area contributed by atoms with Gasteiger partial charge >= 0.3 is 5.97 Å². The summed E-state index contributed by atoms with van der Waals surface area (Å²) >= 11 is 0.